The van der Waals surface area contributed by atoms with Gasteiger partial charge in [-0.15, -0.1) is 23.2 Å². The van der Waals surface area contributed by atoms with Crippen LogP contribution in [0.15, 0.2) is 0 Å². The summed E-state index contributed by atoms with van der Waals surface area (Å²) >= 11 is 15.2. The Morgan fingerprint density at radius 3 is 1.27 bits per heavy atom. The summed E-state index contributed by atoms with van der Waals surface area (Å²) in [6.45, 7) is 6.31. The highest BCUT2D eigenvalue weighted by Crippen LogP contribution is 2.46. The van der Waals surface area contributed by atoms with Crippen molar-refractivity contribution in [1.29, 1.82) is 0 Å². The van der Waals surface area contributed by atoms with Crippen LogP contribution in [0.4, 0.5) is 0 Å². The van der Waals surface area contributed by atoms with Crippen LogP contribution in [0.3, 0.4) is 0 Å². The molecule has 2 amide bonds. The Morgan fingerprint density at radius 2 is 0.956 bits per heavy atom. The summed E-state index contributed by atoms with van der Waals surface area (Å²) in [6.07, 6.45) is 2.62. The predicted molar refractivity (Wildman–Crippen MR) is 173 cm³/mol. The van der Waals surface area contributed by atoms with Gasteiger partial charge in [-0.3, -0.25) is 19.2 Å². The van der Waals surface area contributed by atoms with Crippen molar-refractivity contribution >= 4 is 88.4 Å². The summed E-state index contributed by atoms with van der Waals surface area (Å²) in [6, 6.07) is 0. The summed E-state index contributed by atoms with van der Waals surface area (Å²) in [5, 5.41) is 9.11. The lowest BCUT2D eigenvalue weighted by molar-refractivity contribution is -0.151. The molecule has 8 unspecified atom stereocenters. The van der Waals surface area contributed by atoms with Gasteiger partial charge in [0.05, 0.1) is 53.4 Å². The van der Waals surface area contributed by atoms with E-state index in [-0.39, 0.29) is 47.5 Å². The van der Waals surface area contributed by atoms with E-state index in [2.05, 4.69) is 31.2 Å². The number of carboxylic acid groups (broad SMARTS) is 1. The molecule has 0 aliphatic carbocycles. The van der Waals surface area contributed by atoms with Crippen molar-refractivity contribution in [2.24, 2.45) is 23.7 Å². The molecular weight excluding hydrogens is 718 g/mol. The number of hydrogen-bond acceptors (Lipinski definition) is 9. The summed E-state index contributed by atoms with van der Waals surface area (Å²) in [5.41, 5.74) is 0. The Balaban J connectivity index is 0.000000204. The predicted octanol–water partition coefficient (Wildman–Crippen LogP) is 2.42. The largest absolute Gasteiger partial charge is 0.481 e. The zero-order chi connectivity index (χ0) is 33.4. The maximum atomic E-state index is 12.6. The van der Waals surface area contributed by atoms with Gasteiger partial charge in [-0.2, -0.15) is 0 Å². The highest BCUT2D eigenvalue weighted by molar-refractivity contribution is 8.26. The third kappa shape index (κ3) is 10.3. The number of carboxylic acids is 1. The van der Waals surface area contributed by atoms with Crippen molar-refractivity contribution in [2.45, 2.75) is 50.1 Å². The minimum Gasteiger partial charge on any atom is -0.481 e. The number of carbonyl (C=O) groups excluding carboxylic acids is 3. The molecule has 6 aliphatic heterocycles. The summed E-state index contributed by atoms with van der Waals surface area (Å²) in [7, 11) is 11.4. The maximum absolute atomic E-state index is 12.6. The van der Waals surface area contributed by atoms with Crippen molar-refractivity contribution in [2.75, 3.05) is 71.8 Å². The van der Waals surface area contributed by atoms with E-state index >= 15 is 0 Å². The molecule has 0 aromatic carbocycles. The van der Waals surface area contributed by atoms with Crippen molar-refractivity contribution in [3.8, 4) is 0 Å². The number of ether oxygens (including phenoxy) is 2. The SMILES string of the molecule is CN1CCN(C(=O)C2C3CCC(O3)C2C(=O)Cl)CC1.CN1CCN(C(=O)C2C3CCC(O3)C2C(=O)O)CC1.ClCCl.O=S(Cl)Cl. The molecule has 8 atom stereocenters. The number of alkyl halides is 2. The summed E-state index contributed by atoms with van der Waals surface area (Å²) < 4.78 is 20.5. The van der Waals surface area contributed by atoms with Crippen molar-refractivity contribution in [3.63, 3.8) is 0 Å². The first-order chi connectivity index (χ1) is 21.3. The molecule has 0 radical (unpaired) electrons. The van der Waals surface area contributed by atoms with E-state index in [9.17, 15) is 24.3 Å². The molecule has 6 rings (SSSR count). The molecule has 0 spiro atoms. The molecular formula is C27H41Cl5N4O8S. The van der Waals surface area contributed by atoms with Gasteiger partial charge in [-0.05, 0) is 51.4 Å². The molecule has 6 heterocycles. The molecule has 6 aliphatic rings. The van der Waals surface area contributed by atoms with Crippen molar-refractivity contribution in [3.05, 3.63) is 0 Å². The van der Waals surface area contributed by atoms with Gasteiger partial charge in [-0.25, -0.2) is 4.21 Å². The Bertz CT molecular complexity index is 988. The van der Waals surface area contributed by atoms with Crippen LogP contribution in [0, 0.1) is 23.7 Å². The van der Waals surface area contributed by atoms with E-state index in [1.54, 1.807) is 0 Å². The van der Waals surface area contributed by atoms with Crippen LogP contribution in [0.5, 0.6) is 0 Å². The monoisotopic (exact) mass is 756 g/mol. The van der Waals surface area contributed by atoms with E-state index in [4.69, 9.17) is 48.5 Å². The minimum absolute atomic E-state index is 0.0206. The fourth-order valence-corrected chi connectivity index (χ4v) is 7.34. The maximum Gasteiger partial charge on any atom is 0.310 e. The van der Waals surface area contributed by atoms with E-state index in [0.717, 1.165) is 65.0 Å². The van der Waals surface area contributed by atoms with Crippen LogP contribution in [-0.4, -0.2) is 148 Å². The van der Waals surface area contributed by atoms with Gasteiger partial charge in [0.15, 0.2) is 0 Å². The zero-order valence-corrected chi connectivity index (χ0v) is 29.8. The van der Waals surface area contributed by atoms with Crippen molar-refractivity contribution < 1.29 is 38.0 Å². The second-order valence-corrected chi connectivity index (χ2v) is 15.6. The second-order valence-electron chi connectivity index (χ2n) is 11.9. The van der Waals surface area contributed by atoms with E-state index in [1.807, 2.05) is 23.9 Å². The lowest BCUT2D eigenvalue weighted by atomic mass is 9.78. The number of amides is 2. The lowest BCUT2D eigenvalue weighted by Crippen LogP contribution is -2.52. The zero-order valence-electron chi connectivity index (χ0n) is 25.2. The highest BCUT2D eigenvalue weighted by atomic mass is 36.0. The molecule has 12 nitrogen and oxygen atoms in total. The van der Waals surface area contributed by atoms with Crippen molar-refractivity contribution in [1.82, 2.24) is 19.6 Å². The Hall–Kier alpha value is -0.480. The first-order valence-electron chi connectivity index (χ1n) is 14.8. The molecule has 0 saturated carbocycles. The Labute approximate surface area is 290 Å². The standard InChI is InChI=1S/C13H19ClN2O3.C13H20N2O4.CH2Cl2.Cl2OS/c1-15-4-6-16(7-5-15)13(18)11-9-3-2-8(19-9)10(11)12(14)17;1-14-4-6-15(7-5-14)12(16)10-8-2-3-9(19-8)11(10)13(17)18;2-1-3;1-4(2)3/h8-11H,2-7H2,1H3;8-11H,2-7H2,1H3,(H,17,18);1H2;. The number of aliphatic carboxylic acids is 1. The quantitative estimate of drug-likeness (QED) is 0.337. The number of rotatable bonds is 4. The van der Waals surface area contributed by atoms with Crippen LogP contribution in [0.2, 0.25) is 0 Å². The van der Waals surface area contributed by atoms with Gasteiger partial charge < -0.3 is 34.2 Å². The van der Waals surface area contributed by atoms with Gasteiger partial charge in [0.25, 0.3) is 0 Å². The summed E-state index contributed by atoms with van der Waals surface area (Å²) in [5.74, 6) is -2.77. The van der Waals surface area contributed by atoms with Gasteiger partial charge in [0.1, 0.15) is 0 Å². The number of carbonyl (C=O) groups is 4. The average molecular weight is 759 g/mol. The number of halogens is 5. The fourth-order valence-electron chi connectivity index (χ4n) is 7.06. The average Bonchev–Trinajstić information content (AvgIpc) is 3.79. The number of fused-ring (bicyclic) bond motifs is 4. The summed E-state index contributed by atoms with van der Waals surface area (Å²) in [4.78, 5) is 56.2. The molecule has 1 N–H and O–H groups in total. The van der Waals surface area contributed by atoms with E-state index in [1.165, 1.54) is 0 Å². The highest BCUT2D eigenvalue weighted by Gasteiger charge is 2.57. The second kappa shape index (κ2) is 18.3. The smallest absolute Gasteiger partial charge is 0.310 e. The van der Waals surface area contributed by atoms with Crippen LogP contribution in [0.25, 0.3) is 0 Å². The normalized spacial score (nSPS) is 33.9. The number of hydrogen-bond donors (Lipinski definition) is 1. The Morgan fingerprint density at radius 1 is 0.667 bits per heavy atom. The molecule has 6 fully saturated rings. The first kappa shape index (κ1) is 39.0. The lowest BCUT2D eigenvalue weighted by Gasteiger charge is -2.36. The van der Waals surface area contributed by atoms with Crippen LogP contribution in [0.1, 0.15) is 25.7 Å². The molecule has 258 valence electrons. The molecule has 4 bridgehead atoms. The molecule has 0 aromatic heterocycles. The molecule has 6 saturated heterocycles. The first-order valence-corrected chi connectivity index (χ1v) is 19.1. The third-order valence-corrected chi connectivity index (χ3v) is 9.55. The Kier molecular flexibility index (Phi) is 15.9. The number of piperazine rings is 2. The van der Waals surface area contributed by atoms with Crippen LogP contribution < -0.4 is 0 Å². The number of likely N-dealkylation sites (N-methyl/N-ethyl adjacent to an activating group) is 2. The van der Waals surface area contributed by atoms with Gasteiger partial charge in [0, 0.05) is 73.7 Å². The number of nitrogens with zero attached hydrogens (tertiary/aromatic N) is 4. The van der Waals surface area contributed by atoms with Gasteiger partial charge >= 0.3 is 5.97 Å². The molecule has 45 heavy (non-hydrogen) atoms. The molecule has 0 aromatic rings. The van der Waals surface area contributed by atoms with E-state index in [0.29, 0.717) is 13.1 Å². The fraction of sp³-hybridized carbons (Fsp3) is 0.852. The van der Waals surface area contributed by atoms with Gasteiger partial charge in [-0.1, -0.05) is 0 Å². The van der Waals surface area contributed by atoms with Crippen LogP contribution >= 0.6 is 56.2 Å². The van der Waals surface area contributed by atoms with Crippen LogP contribution in [-0.2, 0) is 37.9 Å². The van der Waals surface area contributed by atoms with Gasteiger partial charge in [0.2, 0.25) is 26.3 Å². The minimum atomic E-state index is -1.67. The third-order valence-electron chi connectivity index (χ3n) is 9.29. The van der Waals surface area contributed by atoms with E-state index < -0.39 is 38.2 Å². The molecule has 18 heteroatoms. The topological polar surface area (TPSA) is 137 Å².